The van der Waals surface area contributed by atoms with Gasteiger partial charge in [-0.2, -0.15) is 8.78 Å². The average Bonchev–Trinajstić information content (AvgIpc) is 2.48. The summed E-state index contributed by atoms with van der Waals surface area (Å²) in [6.07, 6.45) is -0.130. The third-order valence-electron chi connectivity index (χ3n) is 2.55. The number of halogens is 2. The molecule has 0 saturated carbocycles. The molecule has 15 heavy (non-hydrogen) atoms. The van der Waals surface area contributed by atoms with Crippen molar-refractivity contribution in [1.82, 2.24) is 4.90 Å². The van der Waals surface area contributed by atoms with Gasteiger partial charge in [-0.25, -0.2) is 4.79 Å². The van der Waals surface area contributed by atoms with Gasteiger partial charge in [-0.3, -0.25) is 0 Å². The van der Waals surface area contributed by atoms with Crippen LogP contribution in [-0.4, -0.2) is 54.2 Å². The number of likely N-dealkylation sites (tertiary alicyclic amines) is 1. The zero-order valence-electron chi connectivity index (χ0n) is 8.80. The van der Waals surface area contributed by atoms with Crippen LogP contribution in [0, 0.1) is 0 Å². The first-order valence-corrected chi connectivity index (χ1v) is 4.79. The van der Waals surface area contributed by atoms with Gasteiger partial charge in [0.25, 0.3) is 0 Å². The van der Waals surface area contributed by atoms with Crippen molar-refractivity contribution in [3.63, 3.8) is 0 Å². The first-order valence-electron chi connectivity index (χ1n) is 4.79. The Hall–Kier alpha value is -0.750. The van der Waals surface area contributed by atoms with Crippen LogP contribution >= 0.6 is 0 Å². The predicted molar refractivity (Wildman–Crippen MR) is 48.6 cm³/mol. The maximum Gasteiger partial charge on any atom is 0.380 e. The lowest BCUT2D eigenvalue weighted by Crippen LogP contribution is -2.55. The van der Waals surface area contributed by atoms with E-state index in [2.05, 4.69) is 4.74 Å². The quantitative estimate of drug-likeness (QED) is 0.697. The molecule has 1 fully saturated rings. The molecule has 1 N–H and O–H groups in total. The normalized spacial score (nSPS) is 28.1. The number of hydrogen-bond acceptors (Lipinski definition) is 4. The minimum Gasteiger partial charge on any atom is -0.461 e. The van der Waals surface area contributed by atoms with Crippen LogP contribution in [0.15, 0.2) is 0 Å². The van der Waals surface area contributed by atoms with Gasteiger partial charge in [0.05, 0.1) is 6.61 Å². The van der Waals surface area contributed by atoms with E-state index in [-0.39, 0.29) is 19.6 Å². The number of ether oxygens (including phenoxy) is 1. The molecule has 88 valence electrons. The molecule has 4 nitrogen and oxygen atoms in total. The smallest absolute Gasteiger partial charge is 0.380 e. The largest absolute Gasteiger partial charge is 0.461 e. The lowest BCUT2D eigenvalue weighted by atomic mass is 9.94. The third kappa shape index (κ3) is 2.10. The van der Waals surface area contributed by atoms with Crippen molar-refractivity contribution in [2.75, 3.05) is 26.7 Å². The molecule has 6 heteroatoms. The number of alkyl halides is 2. The number of likely N-dealkylation sites (N-methyl/N-ethyl adjacent to an activating group) is 1. The van der Waals surface area contributed by atoms with Gasteiger partial charge in [0.2, 0.25) is 0 Å². The van der Waals surface area contributed by atoms with Gasteiger partial charge in [0.15, 0.2) is 5.60 Å². The van der Waals surface area contributed by atoms with E-state index in [1.165, 1.54) is 6.92 Å². The molecule has 0 spiro atoms. The highest BCUT2D eigenvalue weighted by atomic mass is 19.3. The fourth-order valence-electron chi connectivity index (χ4n) is 1.65. The monoisotopic (exact) mass is 223 g/mol. The van der Waals surface area contributed by atoms with E-state index in [0.29, 0.717) is 6.54 Å². The van der Waals surface area contributed by atoms with Crippen molar-refractivity contribution < 1.29 is 23.4 Å². The number of nitrogens with zero attached hydrogens (tertiary/aromatic N) is 1. The maximum atomic E-state index is 13.5. The molecule has 0 aromatic rings. The molecule has 1 aliphatic rings. The molecule has 1 saturated heterocycles. The van der Waals surface area contributed by atoms with Crippen LogP contribution in [0.2, 0.25) is 0 Å². The summed E-state index contributed by atoms with van der Waals surface area (Å²) in [4.78, 5) is 12.6. The van der Waals surface area contributed by atoms with Crippen molar-refractivity contribution in [2.24, 2.45) is 0 Å². The van der Waals surface area contributed by atoms with E-state index in [4.69, 9.17) is 0 Å². The van der Waals surface area contributed by atoms with E-state index in [9.17, 15) is 18.7 Å². The summed E-state index contributed by atoms with van der Waals surface area (Å²) in [5, 5.41) is 9.69. The number of esters is 1. The van der Waals surface area contributed by atoms with Crippen LogP contribution in [0.4, 0.5) is 8.78 Å². The van der Waals surface area contributed by atoms with Crippen LogP contribution in [0.1, 0.15) is 13.3 Å². The van der Waals surface area contributed by atoms with Crippen LogP contribution in [0.5, 0.6) is 0 Å². The second-order valence-electron chi connectivity index (χ2n) is 3.81. The zero-order chi connectivity index (χ0) is 11.7. The molecule has 0 radical (unpaired) electrons. The van der Waals surface area contributed by atoms with Gasteiger partial charge in [0.1, 0.15) is 0 Å². The summed E-state index contributed by atoms with van der Waals surface area (Å²) < 4.78 is 31.3. The van der Waals surface area contributed by atoms with E-state index in [1.54, 1.807) is 11.9 Å². The molecule has 1 aliphatic heterocycles. The first-order chi connectivity index (χ1) is 6.83. The van der Waals surface area contributed by atoms with Crippen molar-refractivity contribution in [3.8, 4) is 0 Å². The average molecular weight is 223 g/mol. The number of carbonyl (C=O) groups excluding carboxylic acids is 1. The Morgan fingerprint density at radius 3 is 2.67 bits per heavy atom. The van der Waals surface area contributed by atoms with Crippen LogP contribution < -0.4 is 0 Å². The molecule has 0 aromatic carbocycles. The summed E-state index contributed by atoms with van der Waals surface area (Å²) in [7, 11) is 1.61. The van der Waals surface area contributed by atoms with Crippen molar-refractivity contribution in [2.45, 2.75) is 24.9 Å². The summed E-state index contributed by atoms with van der Waals surface area (Å²) >= 11 is 0. The Morgan fingerprint density at radius 1 is 1.67 bits per heavy atom. The number of carbonyl (C=O) groups is 1. The van der Waals surface area contributed by atoms with Gasteiger partial charge >= 0.3 is 11.9 Å². The van der Waals surface area contributed by atoms with Crippen LogP contribution in [0.3, 0.4) is 0 Å². The Balaban J connectivity index is 2.80. The van der Waals surface area contributed by atoms with E-state index < -0.39 is 17.5 Å². The zero-order valence-corrected chi connectivity index (χ0v) is 8.80. The molecule has 1 unspecified atom stereocenters. The van der Waals surface area contributed by atoms with Gasteiger partial charge in [-0.1, -0.05) is 0 Å². The SMILES string of the molecule is CCOC(=O)C(F)(F)C1(O)CCN(C)C1. The Morgan fingerprint density at radius 2 is 2.27 bits per heavy atom. The second kappa shape index (κ2) is 4.02. The number of hydrogen-bond donors (Lipinski definition) is 1. The number of aliphatic hydroxyl groups is 1. The lowest BCUT2D eigenvalue weighted by Gasteiger charge is -2.29. The highest BCUT2D eigenvalue weighted by molar-refractivity contribution is 5.79. The van der Waals surface area contributed by atoms with Gasteiger partial charge in [0, 0.05) is 13.1 Å². The van der Waals surface area contributed by atoms with E-state index >= 15 is 0 Å². The van der Waals surface area contributed by atoms with Crippen molar-refractivity contribution in [1.29, 1.82) is 0 Å². The minimum atomic E-state index is -3.84. The second-order valence-corrected chi connectivity index (χ2v) is 3.81. The summed E-state index contributed by atoms with van der Waals surface area (Å²) in [5.74, 6) is -5.49. The van der Waals surface area contributed by atoms with Crippen molar-refractivity contribution in [3.05, 3.63) is 0 Å². The Labute approximate surface area is 86.8 Å². The fraction of sp³-hybridized carbons (Fsp3) is 0.889. The predicted octanol–water partition coefficient (Wildman–Crippen LogP) is 0.251. The maximum absolute atomic E-state index is 13.5. The number of β-amino-alcohol motifs (C(OH)–C–C–N with tert-alkyl or cyclic N) is 1. The number of rotatable bonds is 3. The fourth-order valence-corrected chi connectivity index (χ4v) is 1.65. The molecule has 1 rings (SSSR count). The molecular formula is C9H15F2NO3. The topological polar surface area (TPSA) is 49.8 Å². The van der Waals surface area contributed by atoms with Crippen LogP contribution in [0.25, 0.3) is 0 Å². The summed E-state index contributed by atoms with van der Waals surface area (Å²) in [6.45, 7) is 1.43. The summed E-state index contributed by atoms with van der Waals surface area (Å²) in [6, 6.07) is 0. The van der Waals surface area contributed by atoms with Gasteiger partial charge in [-0.15, -0.1) is 0 Å². The molecular weight excluding hydrogens is 208 g/mol. The van der Waals surface area contributed by atoms with Gasteiger partial charge in [-0.05, 0) is 20.4 Å². The first kappa shape index (κ1) is 12.3. The minimum absolute atomic E-state index is 0.125. The molecule has 0 amide bonds. The Bertz CT molecular complexity index is 260. The standard InChI is InChI=1S/C9H15F2NO3/c1-3-15-7(13)9(10,11)8(14)4-5-12(2)6-8/h14H,3-6H2,1-2H3. The molecule has 0 aliphatic carbocycles. The highest BCUT2D eigenvalue weighted by Crippen LogP contribution is 2.37. The Kier molecular flexibility index (Phi) is 3.30. The third-order valence-corrected chi connectivity index (χ3v) is 2.55. The molecule has 1 heterocycles. The lowest BCUT2D eigenvalue weighted by molar-refractivity contribution is -0.209. The molecule has 0 bridgehead atoms. The summed E-state index contributed by atoms with van der Waals surface area (Å²) in [5.41, 5.74) is -2.30. The highest BCUT2D eigenvalue weighted by Gasteiger charge is 2.61. The van der Waals surface area contributed by atoms with Crippen molar-refractivity contribution >= 4 is 5.97 Å². The molecule has 0 aromatic heterocycles. The van der Waals surface area contributed by atoms with E-state index in [1.807, 2.05) is 0 Å². The van der Waals surface area contributed by atoms with Gasteiger partial charge < -0.3 is 14.7 Å². The van der Waals surface area contributed by atoms with E-state index in [0.717, 1.165) is 0 Å². The van der Waals surface area contributed by atoms with Crippen LogP contribution in [-0.2, 0) is 9.53 Å². The molecule has 1 atom stereocenters.